The Morgan fingerprint density at radius 2 is 1.90 bits per heavy atom. The zero-order chi connectivity index (χ0) is 21.3. The van der Waals surface area contributed by atoms with Gasteiger partial charge in [-0.2, -0.15) is 0 Å². The van der Waals surface area contributed by atoms with Crippen LogP contribution >= 0.6 is 11.3 Å². The molecule has 0 bridgehead atoms. The minimum atomic E-state index is -0.322. The van der Waals surface area contributed by atoms with Gasteiger partial charge in [0.05, 0.1) is 25.6 Å². The molecule has 4 rings (SSSR count). The van der Waals surface area contributed by atoms with Crippen LogP contribution in [0.15, 0.2) is 41.8 Å². The number of likely N-dealkylation sites (N-methyl/N-ethyl adjacent to an activating group) is 1. The Hall–Kier alpha value is -3.59. The standard InChI is InChI=1S/C21H19N3O5S/c1-24-17-8-12(4-5-18(17)29-10-19(24)25)16-11-30-21(22-16)23-20(26)13-6-14(27-2)9-15(7-13)28-3/h4-9,11H,10H2,1-3H3,(H,22,23,26). The highest BCUT2D eigenvalue weighted by atomic mass is 32.1. The second-order valence-electron chi connectivity index (χ2n) is 6.52. The Morgan fingerprint density at radius 1 is 1.17 bits per heavy atom. The first kappa shape index (κ1) is 19.7. The van der Waals surface area contributed by atoms with Crippen molar-refractivity contribution >= 4 is 34.0 Å². The van der Waals surface area contributed by atoms with E-state index in [1.807, 2.05) is 23.6 Å². The van der Waals surface area contributed by atoms with E-state index in [0.717, 1.165) is 5.56 Å². The van der Waals surface area contributed by atoms with Crippen molar-refractivity contribution in [2.45, 2.75) is 0 Å². The highest BCUT2D eigenvalue weighted by Crippen LogP contribution is 2.36. The van der Waals surface area contributed by atoms with E-state index in [0.29, 0.717) is 39.3 Å². The summed E-state index contributed by atoms with van der Waals surface area (Å²) in [6.45, 7) is 0.0325. The highest BCUT2D eigenvalue weighted by Gasteiger charge is 2.23. The molecular formula is C21H19N3O5S. The molecule has 0 spiro atoms. The zero-order valence-electron chi connectivity index (χ0n) is 16.6. The van der Waals surface area contributed by atoms with Crippen molar-refractivity contribution in [1.29, 1.82) is 0 Å². The summed E-state index contributed by atoms with van der Waals surface area (Å²) in [7, 11) is 4.76. The largest absolute Gasteiger partial charge is 0.497 e. The van der Waals surface area contributed by atoms with E-state index in [1.165, 1.54) is 25.6 Å². The molecule has 0 aliphatic carbocycles. The number of hydrogen-bond donors (Lipinski definition) is 1. The van der Waals surface area contributed by atoms with Crippen LogP contribution in [-0.4, -0.2) is 44.7 Å². The Morgan fingerprint density at radius 3 is 2.60 bits per heavy atom. The van der Waals surface area contributed by atoms with E-state index >= 15 is 0 Å². The van der Waals surface area contributed by atoms with Gasteiger partial charge in [-0.1, -0.05) is 0 Å². The number of benzene rings is 2. The molecule has 1 aliphatic heterocycles. The molecule has 2 amide bonds. The van der Waals surface area contributed by atoms with Crippen LogP contribution in [0.2, 0.25) is 0 Å². The molecule has 8 nitrogen and oxygen atoms in total. The Labute approximate surface area is 177 Å². The van der Waals surface area contributed by atoms with Gasteiger partial charge in [-0.3, -0.25) is 14.9 Å². The minimum Gasteiger partial charge on any atom is -0.497 e. The summed E-state index contributed by atoms with van der Waals surface area (Å²) in [4.78, 5) is 30.6. The number of anilines is 2. The lowest BCUT2D eigenvalue weighted by atomic mass is 10.1. The number of fused-ring (bicyclic) bond motifs is 1. The number of hydrogen-bond acceptors (Lipinski definition) is 7. The van der Waals surface area contributed by atoms with Crippen molar-refractivity contribution in [3.05, 3.63) is 47.3 Å². The van der Waals surface area contributed by atoms with Gasteiger partial charge < -0.3 is 19.1 Å². The van der Waals surface area contributed by atoms with Crippen molar-refractivity contribution in [3.8, 4) is 28.5 Å². The molecule has 2 aromatic carbocycles. The molecule has 154 valence electrons. The van der Waals surface area contributed by atoms with Crippen LogP contribution in [0.4, 0.5) is 10.8 Å². The van der Waals surface area contributed by atoms with Crippen molar-refractivity contribution < 1.29 is 23.8 Å². The number of thiazole rings is 1. The van der Waals surface area contributed by atoms with Gasteiger partial charge in [0.25, 0.3) is 11.8 Å². The molecule has 1 N–H and O–H groups in total. The van der Waals surface area contributed by atoms with Gasteiger partial charge in [-0.25, -0.2) is 4.98 Å². The number of aromatic nitrogens is 1. The average molecular weight is 425 g/mol. The molecule has 0 saturated heterocycles. The number of nitrogens with zero attached hydrogens (tertiary/aromatic N) is 2. The third kappa shape index (κ3) is 3.79. The predicted molar refractivity (Wildman–Crippen MR) is 114 cm³/mol. The maximum atomic E-state index is 12.7. The van der Waals surface area contributed by atoms with Crippen LogP contribution in [0.1, 0.15) is 10.4 Å². The number of methoxy groups -OCH3 is 2. The van der Waals surface area contributed by atoms with E-state index in [1.54, 1.807) is 30.1 Å². The molecule has 0 atom stereocenters. The molecule has 0 unspecified atom stereocenters. The van der Waals surface area contributed by atoms with Crippen LogP contribution in [0.5, 0.6) is 17.2 Å². The smallest absolute Gasteiger partial charge is 0.264 e. The summed E-state index contributed by atoms with van der Waals surface area (Å²) in [5.74, 6) is 1.26. The second kappa shape index (κ2) is 8.03. The van der Waals surface area contributed by atoms with Crippen LogP contribution in [0.25, 0.3) is 11.3 Å². The van der Waals surface area contributed by atoms with Crippen molar-refractivity contribution in [2.24, 2.45) is 0 Å². The van der Waals surface area contributed by atoms with Crippen LogP contribution in [-0.2, 0) is 4.79 Å². The van der Waals surface area contributed by atoms with E-state index in [9.17, 15) is 9.59 Å². The first-order chi connectivity index (χ1) is 14.5. The molecule has 0 radical (unpaired) electrons. The predicted octanol–water partition coefficient (Wildman–Crippen LogP) is 3.43. The fourth-order valence-corrected chi connectivity index (χ4v) is 3.72. The number of amides is 2. The maximum absolute atomic E-state index is 12.7. The Kier molecular flexibility index (Phi) is 5.28. The van der Waals surface area contributed by atoms with Gasteiger partial charge in [0, 0.05) is 29.6 Å². The van der Waals surface area contributed by atoms with Gasteiger partial charge in [-0.05, 0) is 30.3 Å². The number of nitrogens with one attached hydrogen (secondary N) is 1. The van der Waals surface area contributed by atoms with E-state index < -0.39 is 0 Å². The van der Waals surface area contributed by atoms with Crippen LogP contribution < -0.4 is 24.4 Å². The van der Waals surface area contributed by atoms with Gasteiger partial charge in [-0.15, -0.1) is 11.3 Å². The molecule has 1 aliphatic rings. The summed E-state index contributed by atoms with van der Waals surface area (Å²) in [5, 5.41) is 5.09. The van der Waals surface area contributed by atoms with Crippen molar-refractivity contribution in [2.75, 3.05) is 38.1 Å². The topological polar surface area (TPSA) is 90.0 Å². The summed E-state index contributed by atoms with van der Waals surface area (Å²) < 4.78 is 15.9. The van der Waals surface area contributed by atoms with Gasteiger partial charge in [0.1, 0.15) is 17.2 Å². The second-order valence-corrected chi connectivity index (χ2v) is 7.38. The van der Waals surface area contributed by atoms with Gasteiger partial charge >= 0.3 is 0 Å². The fraction of sp³-hybridized carbons (Fsp3) is 0.190. The monoisotopic (exact) mass is 425 g/mol. The molecule has 0 fully saturated rings. The average Bonchev–Trinajstić information content (AvgIpc) is 3.24. The first-order valence-electron chi connectivity index (χ1n) is 9.02. The fourth-order valence-electron chi connectivity index (χ4n) is 3.00. The summed E-state index contributed by atoms with van der Waals surface area (Å²) in [5.41, 5.74) is 2.59. The maximum Gasteiger partial charge on any atom is 0.264 e. The van der Waals surface area contributed by atoms with E-state index in [2.05, 4.69) is 10.3 Å². The number of rotatable bonds is 5. The highest BCUT2D eigenvalue weighted by molar-refractivity contribution is 7.14. The molecular weight excluding hydrogens is 406 g/mol. The molecule has 1 aromatic heterocycles. The third-order valence-corrected chi connectivity index (χ3v) is 5.44. The Bertz CT molecular complexity index is 1110. The molecule has 9 heteroatoms. The molecule has 30 heavy (non-hydrogen) atoms. The van der Waals surface area contributed by atoms with Crippen molar-refractivity contribution in [1.82, 2.24) is 4.98 Å². The van der Waals surface area contributed by atoms with Crippen LogP contribution in [0.3, 0.4) is 0 Å². The lowest BCUT2D eigenvalue weighted by Crippen LogP contribution is -2.35. The molecule has 3 aromatic rings. The summed E-state index contributed by atoms with van der Waals surface area (Å²) in [6.07, 6.45) is 0. The van der Waals surface area contributed by atoms with Gasteiger partial charge in [0.2, 0.25) is 0 Å². The number of carbonyl (C=O) groups excluding carboxylic acids is 2. The Balaban J connectivity index is 1.55. The zero-order valence-corrected chi connectivity index (χ0v) is 17.4. The van der Waals surface area contributed by atoms with Crippen molar-refractivity contribution in [3.63, 3.8) is 0 Å². The SMILES string of the molecule is COc1cc(OC)cc(C(=O)Nc2nc(-c3ccc4c(c3)N(C)C(=O)CO4)cs2)c1. The lowest BCUT2D eigenvalue weighted by Gasteiger charge is -2.26. The molecule has 2 heterocycles. The van der Waals surface area contributed by atoms with E-state index in [-0.39, 0.29) is 18.4 Å². The quantitative estimate of drug-likeness (QED) is 0.674. The normalized spacial score (nSPS) is 12.8. The van der Waals surface area contributed by atoms with E-state index in [4.69, 9.17) is 14.2 Å². The summed E-state index contributed by atoms with van der Waals surface area (Å²) in [6, 6.07) is 10.5. The van der Waals surface area contributed by atoms with Gasteiger partial charge in [0.15, 0.2) is 11.7 Å². The third-order valence-electron chi connectivity index (χ3n) is 4.68. The lowest BCUT2D eigenvalue weighted by molar-refractivity contribution is -0.120. The minimum absolute atomic E-state index is 0.0325. The molecule has 0 saturated carbocycles. The number of carbonyl (C=O) groups is 2. The number of ether oxygens (including phenoxy) is 3. The summed E-state index contributed by atoms with van der Waals surface area (Å²) >= 11 is 1.31. The first-order valence-corrected chi connectivity index (χ1v) is 9.90. The van der Waals surface area contributed by atoms with Crippen LogP contribution in [0, 0.1) is 0 Å².